The molecule has 0 aromatic heterocycles. The van der Waals surface area contributed by atoms with Crippen molar-refractivity contribution < 1.29 is 33.5 Å². The highest BCUT2D eigenvalue weighted by molar-refractivity contribution is 7.99. The Labute approximate surface area is 190 Å². The number of rotatable bonds is 8. The van der Waals surface area contributed by atoms with Gasteiger partial charge in [0.15, 0.2) is 11.9 Å². The predicted octanol–water partition coefficient (Wildman–Crippen LogP) is 5.27. The summed E-state index contributed by atoms with van der Waals surface area (Å²) in [6, 6.07) is 0. The Hall–Kier alpha value is -0.540. The van der Waals surface area contributed by atoms with Crippen molar-refractivity contribution in [2.24, 2.45) is 23.7 Å². The van der Waals surface area contributed by atoms with Crippen LogP contribution in [0.4, 0.5) is 4.79 Å². The minimum absolute atomic E-state index is 0.115. The molecule has 5 aliphatic rings. The van der Waals surface area contributed by atoms with Crippen molar-refractivity contribution in [2.75, 3.05) is 19.5 Å². The molecule has 0 radical (unpaired) electrons. The number of fused-ring (bicyclic) bond motifs is 2. The van der Waals surface area contributed by atoms with Crippen LogP contribution in [0.25, 0.3) is 0 Å². The molecule has 1 aliphatic carbocycles. The maximum absolute atomic E-state index is 10.9. The Morgan fingerprint density at radius 2 is 1.87 bits per heavy atom. The van der Waals surface area contributed by atoms with Gasteiger partial charge in [-0.05, 0) is 62.5 Å². The van der Waals surface area contributed by atoms with Crippen molar-refractivity contribution in [3.63, 3.8) is 0 Å². The molecular weight excluding hydrogens is 420 g/mol. The summed E-state index contributed by atoms with van der Waals surface area (Å²) in [5.41, 5.74) is -0.354. The molecule has 0 aromatic rings. The first-order valence-electron chi connectivity index (χ1n) is 11.9. The predicted molar refractivity (Wildman–Crippen MR) is 116 cm³/mol. The van der Waals surface area contributed by atoms with E-state index in [0.29, 0.717) is 30.3 Å². The summed E-state index contributed by atoms with van der Waals surface area (Å²) in [4.78, 5) is 23.0. The van der Waals surface area contributed by atoms with E-state index in [9.17, 15) is 4.79 Å². The second-order valence-corrected chi connectivity index (χ2v) is 11.1. The molecule has 4 aliphatic heterocycles. The number of carbonyl (C=O) groups is 1. The Morgan fingerprint density at radius 1 is 1.06 bits per heavy atom. The molecule has 31 heavy (non-hydrogen) atoms. The molecule has 8 atom stereocenters. The zero-order valence-electron chi connectivity index (χ0n) is 19.3. The molecule has 4 saturated heterocycles. The first-order chi connectivity index (χ1) is 14.9. The van der Waals surface area contributed by atoms with Crippen LogP contribution in [0.2, 0.25) is 0 Å². The summed E-state index contributed by atoms with van der Waals surface area (Å²) in [6.07, 6.45) is 7.48. The van der Waals surface area contributed by atoms with Crippen LogP contribution < -0.4 is 0 Å². The van der Waals surface area contributed by atoms with Crippen molar-refractivity contribution in [1.29, 1.82) is 0 Å². The smallest absolute Gasteiger partial charge is 0.438 e. The third kappa shape index (κ3) is 4.60. The van der Waals surface area contributed by atoms with Gasteiger partial charge in [-0.1, -0.05) is 26.7 Å². The lowest BCUT2D eigenvalue weighted by Gasteiger charge is -2.60. The summed E-state index contributed by atoms with van der Waals surface area (Å²) < 4.78 is 22.4. The van der Waals surface area contributed by atoms with E-state index in [-0.39, 0.29) is 11.7 Å². The van der Waals surface area contributed by atoms with E-state index in [1.807, 2.05) is 18.7 Å². The van der Waals surface area contributed by atoms with Crippen LogP contribution in [-0.4, -0.2) is 48.7 Å². The molecule has 0 N–H and O–H groups in total. The molecule has 8 heteroatoms. The fourth-order valence-electron chi connectivity index (χ4n) is 6.03. The van der Waals surface area contributed by atoms with Crippen LogP contribution in [-0.2, 0) is 28.7 Å². The Bertz CT molecular complexity index is 633. The van der Waals surface area contributed by atoms with Gasteiger partial charge in [0.1, 0.15) is 5.44 Å². The van der Waals surface area contributed by atoms with Gasteiger partial charge in [0.05, 0.1) is 13.7 Å². The number of hydrogen-bond donors (Lipinski definition) is 0. The lowest BCUT2D eigenvalue weighted by Crippen LogP contribution is -2.70. The molecule has 0 amide bonds. The molecule has 7 nitrogen and oxygen atoms in total. The van der Waals surface area contributed by atoms with E-state index in [4.69, 9.17) is 24.0 Å². The standard InChI is InChI=1S/C23H38O7S/c1-15-9-10-18-16(2)19(31-14-8-6-5-7-13-26-21(24)25-4)27-20-23(18)17(15)11-12-22(3,28-20)29-30-23/h15-20H,5-14H2,1-4H3/t15-,16-,17+,18+,19+,20-,22+,23-/m1/s1. The highest BCUT2D eigenvalue weighted by atomic mass is 32.2. The minimum atomic E-state index is -0.709. The normalized spacial score (nSPS) is 43.7. The third-order valence-electron chi connectivity index (χ3n) is 7.80. The maximum atomic E-state index is 10.9. The molecule has 1 saturated carbocycles. The molecule has 0 unspecified atom stereocenters. The van der Waals surface area contributed by atoms with E-state index in [0.717, 1.165) is 50.7 Å². The van der Waals surface area contributed by atoms with E-state index >= 15 is 0 Å². The van der Waals surface area contributed by atoms with Crippen molar-refractivity contribution in [2.45, 2.75) is 95.3 Å². The van der Waals surface area contributed by atoms with Gasteiger partial charge in [-0.25, -0.2) is 14.6 Å². The van der Waals surface area contributed by atoms with Gasteiger partial charge in [-0.15, -0.1) is 11.8 Å². The molecule has 178 valence electrons. The molecule has 4 heterocycles. The third-order valence-corrected chi connectivity index (χ3v) is 9.20. The lowest BCUT2D eigenvalue weighted by molar-refractivity contribution is -0.568. The molecule has 1 spiro atoms. The van der Waals surface area contributed by atoms with Gasteiger partial charge in [0, 0.05) is 12.3 Å². The number of unbranched alkanes of at least 4 members (excludes halogenated alkanes) is 3. The zero-order valence-corrected chi connectivity index (χ0v) is 20.1. The summed E-state index contributed by atoms with van der Waals surface area (Å²) in [7, 11) is 1.33. The van der Waals surface area contributed by atoms with Gasteiger partial charge >= 0.3 is 6.16 Å². The van der Waals surface area contributed by atoms with Gasteiger partial charge < -0.3 is 18.9 Å². The first-order valence-corrected chi connectivity index (χ1v) is 13.0. The molecule has 0 aromatic carbocycles. The SMILES string of the molecule is COC(=O)OCCCCCCS[C@@H]1O[C@@H]2O[C@]3(C)CC[C@H]4[C@H](C)CC[C@@H]([C@H]1C)[C@@]24OO3. The van der Waals surface area contributed by atoms with Crippen LogP contribution in [0.1, 0.15) is 72.1 Å². The number of methoxy groups -OCH3 is 1. The number of ether oxygens (including phenoxy) is 4. The minimum Gasteiger partial charge on any atom is -0.438 e. The van der Waals surface area contributed by atoms with Crippen LogP contribution >= 0.6 is 11.8 Å². The van der Waals surface area contributed by atoms with E-state index in [2.05, 4.69) is 18.6 Å². The number of carbonyl (C=O) groups excluding carboxylic acids is 1. The molecule has 5 rings (SSSR count). The zero-order chi connectivity index (χ0) is 22.1. The maximum Gasteiger partial charge on any atom is 0.507 e. The van der Waals surface area contributed by atoms with Crippen molar-refractivity contribution in [3.05, 3.63) is 0 Å². The van der Waals surface area contributed by atoms with E-state index in [1.54, 1.807) is 0 Å². The average molecular weight is 459 g/mol. The summed E-state index contributed by atoms with van der Waals surface area (Å²) >= 11 is 1.90. The summed E-state index contributed by atoms with van der Waals surface area (Å²) in [6.45, 7) is 7.06. The number of thioether (sulfide) groups is 1. The topological polar surface area (TPSA) is 72.5 Å². The highest BCUT2D eigenvalue weighted by Crippen LogP contribution is 2.61. The van der Waals surface area contributed by atoms with E-state index < -0.39 is 17.5 Å². The highest BCUT2D eigenvalue weighted by Gasteiger charge is 2.69. The monoisotopic (exact) mass is 458 g/mol. The average Bonchev–Trinajstić information content (AvgIpc) is 2.99. The number of hydrogen-bond acceptors (Lipinski definition) is 8. The van der Waals surface area contributed by atoms with Gasteiger partial charge in [0.25, 0.3) is 0 Å². The Kier molecular flexibility index (Phi) is 7.43. The van der Waals surface area contributed by atoms with Crippen LogP contribution in [0.15, 0.2) is 0 Å². The molecule has 5 fully saturated rings. The van der Waals surface area contributed by atoms with Crippen molar-refractivity contribution in [1.82, 2.24) is 0 Å². The summed E-state index contributed by atoms with van der Waals surface area (Å²) in [5.74, 6) is 2.13. The van der Waals surface area contributed by atoms with Crippen molar-refractivity contribution >= 4 is 17.9 Å². The van der Waals surface area contributed by atoms with Crippen molar-refractivity contribution in [3.8, 4) is 0 Å². The largest absolute Gasteiger partial charge is 0.507 e. The van der Waals surface area contributed by atoms with Crippen LogP contribution in [0.3, 0.4) is 0 Å². The quantitative estimate of drug-likeness (QED) is 0.277. The fourth-order valence-corrected chi connectivity index (χ4v) is 7.31. The van der Waals surface area contributed by atoms with Gasteiger partial charge in [-0.2, -0.15) is 0 Å². The van der Waals surface area contributed by atoms with Crippen LogP contribution in [0.5, 0.6) is 0 Å². The molecule has 2 bridgehead atoms. The van der Waals surface area contributed by atoms with Crippen LogP contribution in [0, 0.1) is 23.7 Å². The van der Waals surface area contributed by atoms with E-state index in [1.165, 1.54) is 13.5 Å². The second-order valence-electron chi connectivity index (χ2n) is 9.86. The first kappa shape index (κ1) is 23.6. The molecular formula is C23H38O7S. The lowest BCUT2D eigenvalue weighted by atomic mass is 9.58. The Balaban J connectivity index is 1.30. The van der Waals surface area contributed by atoms with Gasteiger partial charge in [0.2, 0.25) is 5.79 Å². The Morgan fingerprint density at radius 3 is 2.68 bits per heavy atom. The summed E-state index contributed by atoms with van der Waals surface area (Å²) in [5, 5.41) is 0. The fraction of sp³-hybridized carbons (Fsp3) is 0.957. The second kappa shape index (κ2) is 9.75. The van der Waals surface area contributed by atoms with Gasteiger partial charge in [-0.3, -0.25) is 0 Å².